The molecule has 0 bridgehead atoms. The Morgan fingerprint density at radius 1 is 1.40 bits per heavy atom. The highest BCUT2D eigenvalue weighted by Crippen LogP contribution is 2.24. The van der Waals surface area contributed by atoms with Gasteiger partial charge in [0, 0.05) is 30.9 Å². The number of amides is 2. The van der Waals surface area contributed by atoms with Gasteiger partial charge in [0.2, 0.25) is 5.91 Å². The number of carbonyl (C=O) groups is 2. The van der Waals surface area contributed by atoms with Crippen molar-refractivity contribution in [1.82, 2.24) is 4.90 Å². The zero-order valence-electron chi connectivity index (χ0n) is 11.9. The van der Waals surface area contributed by atoms with Gasteiger partial charge in [-0.2, -0.15) is 0 Å². The van der Waals surface area contributed by atoms with Crippen molar-refractivity contribution in [2.75, 3.05) is 31.6 Å². The van der Waals surface area contributed by atoms with Gasteiger partial charge >= 0.3 is 0 Å². The van der Waals surface area contributed by atoms with E-state index in [0.717, 1.165) is 11.3 Å². The van der Waals surface area contributed by atoms with Crippen LogP contribution in [0.4, 0.5) is 5.69 Å². The number of hydrogen-bond donors (Lipinski definition) is 1. The highest BCUT2D eigenvalue weighted by Gasteiger charge is 2.20. The Bertz CT molecular complexity index is 514. The van der Waals surface area contributed by atoms with Crippen LogP contribution in [0.2, 0.25) is 0 Å². The van der Waals surface area contributed by atoms with E-state index in [1.807, 2.05) is 19.9 Å². The van der Waals surface area contributed by atoms with Crippen molar-refractivity contribution in [2.24, 2.45) is 0 Å². The van der Waals surface area contributed by atoms with Crippen LogP contribution < -0.4 is 5.32 Å². The molecule has 1 aromatic carbocycles. The molecule has 5 nitrogen and oxygen atoms in total. The van der Waals surface area contributed by atoms with Crippen molar-refractivity contribution in [3.05, 3.63) is 29.3 Å². The summed E-state index contributed by atoms with van der Waals surface area (Å²) in [6.45, 7) is 6.27. The molecule has 0 aliphatic carbocycles. The molecule has 5 heteroatoms. The van der Waals surface area contributed by atoms with Crippen LogP contribution in [0.15, 0.2) is 18.2 Å². The van der Waals surface area contributed by atoms with Crippen molar-refractivity contribution in [2.45, 2.75) is 20.3 Å². The van der Waals surface area contributed by atoms with Gasteiger partial charge in [-0.05, 0) is 31.5 Å². The van der Waals surface area contributed by atoms with Gasteiger partial charge < -0.3 is 15.0 Å². The van der Waals surface area contributed by atoms with Crippen LogP contribution >= 0.6 is 0 Å². The van der Waals surface area contributed by atoms with Crippen molar-refractivity contribution < 1.29 is 14.3 Å². The normalized spacial score (nSPS) is 13.0. The van der Waals surface area contributed by atoms with E-state index in [4.69, 9.17) is 4.74 Å². The van der Waals surface area contributed by atoms with E-state index in [-0.39, 0.29) is 11.8 Å². The number of carbonyl (C=O) groups excluding carboxylic acids is 2. The molecule has 1 heterocycles. The predicted octanol–water partition coefficient (Wildman–Crippen LogP) is 1.68. The molecule has 0 saturated heterocycles. The Morgan fingerprint density at radius 3 is 2.90 bits per heavy atom. The van der Waals surface area contributed by atoms with Gasteiger partial charge in [0.15, 0.2) is 0 Å². The third-order valence-corrected chi connectivity index (χ3v) is 3.36. The lowest BCUT2D eigenvalue weighted by Crippen LogP contribution is -2.33. The van der Waals surface area contributed by atoms with E-state index in [9.17, 15) is 9.59 Å². The maximum atomic E-state index is 12.4. The summed E-state index contributed by atoms with van der Waals surface area (Å²) in [6.07, 6.45) is 0.394. The Labute approximate surface area is 118 Å². The number of rotatable bonds is 6. The second-order valence-electron chi connectivity index (χ2n) is 4.68. The molecule has 2 rings (SSSR count). The van der Waals surface area contributed by atoms with E-state index in [0.29, 0.717) is 38.3 Å². The smallest absolute Gasteiger partial charge is 0.253 e. The van der Waals surface area contributed by atoms with E-state index in [1.54, 1.807) is 17.0 Å². The summed E-state index contributed by atoms with van der Waals surface area (Å²) in [5.74, 6) is -0.0514. The zero-order valence-corrected chi connectivity index (χ0v) is 11.9. The van der Waals surface area contributed by atoms with Crippen molar-refractivity contribution in [3.8, 4) is 0 Å². The quantitative estimate of drug-likeness (QED) is 0.804. The van der Waals surface area contributed by atoms with Crippen LogP contribution in [0, 0.1) is 0 Å². The first-order chi connectivity index (χ1) is 9.65. The standard InChI is InChI=1S/C15H20N2O3/c1-3-17(7-8-20-4-2)15(19)12-6-5-11-10-14(18)16-13(11)9-12/h5-6,9H,3-4,7-8,10H2,1-2H3,(H,16,18). The molecule has 0 radical (unpaired) electrons. The maximum absolute atomic E-state index is 12.4. The lowest BCUT2D eigenvalue weighted by molar-refractivity contribution is -0.115. The Kier molecular flexibility index (Phi) is 4.74. The molecule has 0 unspecified atom stereocenters. The van der Waals surface area contributed by atoms with E-state index in [2.05, 4.69) is 5.32 Å². The number of fused-ring (bicyclic) bond motifs is 1. The number of anilines is 1. The first kappa shape index (κ1) is 14.5. The maximum Gasteiger partial charge on any atom is 0.253 e. The van der Waals surface area contributed by atoms with Gasteiger partial charge in [-0.15, -0.1) is 0 Å². The van der Waals surface area contributed by atoms with E-state index in [1.165, 1.54) is 0 Å². The molecule has 1 aromatic rings. The van der Waals surface area contributed by atoms with Gasteiger partial charge in [-0.25, -0.2) is 0 Å². The van der Waals surface area contributed by atoms with Crippen LogP contribution in [0.3, 0.4) is 0 Å². The van der Waals surface area contributed by atoms with Crippen LogP contribution in [0.1, 0.15) is 29.8 Å². The molecule has 1 aliphatic heterocycles. The number of nitrogens with zero attached hydrogens (tertiary/aromatic N) is 1. The Balaban J connectivity index is 2.08. The number of ether oxygens (including phenoxy) is 1. The monoisotopic (exact) mass is 276 g/mol. The molecule has 1 N–H and O–H groups in total. The van der Waals surface area contributed by atoms with Crippen molar-refractivity contribution in [3.63, 3.8) is 0 Å². The average molecular weight is 276 g/mol. The second kappa shape index (κ2) is 6.52. The SMILES string of the molecule is CCOCCN(CC)C(=O)c1ccc2c(c1)NC(=O)C2. The fraction of sp³-hybridized carbons (Fsp3) is 0.467. The van der Waals surface area contributed by atoms with Gasteiger partial charge in [-0.1, -0.05) is 6.07 Å². The number of benzene rings is 1. The van der Waals surface area contributed by atoms with Crippen LogP contribution in [-0.4, -0.2) is 43.0 Å². The van der Waals surface area contributed by atoms with Gasteiger partial charge in [0.05, 0.1) is 13.0 Å². The largest absolute Gasteiger partial charge is 0.380 e. The van der Waals surface area contributed by atoms with Crippen molar-refractivity contribution >= 4 is 17.5 Å². The fourth-order valence-corrected chi connectivity index (χ4v) is 2.25. The van der Waals surface area contributed by atoms with E-state index >= 15 is 0 Å². The van der Waals surface area contributed by atoms with Crippen LogP contribution in [-0.2, 0) is 16.0 Å². The number of likely N-dealkylation sites (N-methyl/N-ethyl adjacent to an activating group) is 1. The van der Waals surface area contributed by atoms with Crippen LogP contribution in [0.25, 0.3) is 0 Å². The minimum absolute atomic E-state index is 0.0201. The molecule has 108 valence electrons. The Hall–Kier alpha value is -1.88. The third-order valence-electron chi connectivity index (χ3n) is 3.36. The molecule has 0 atom stereocenters. The third kappa shape index (κ3) is 3.17. The molecular formula is C15H20N2O3. The number of hydrogen-bond acceptors (Lipinski definition) is 3. The van der Waals surface area contributed by atoms with Crippen molar-refractivity contribution in [1.29, 1.82) is 0 Å². The lowest BCUT2D eigenvalue weighted by Gasteiger charge is -2.21. The topological polar surface area (TPSA) is 58.6 Å². The second-order valence-corrected chi connectivity index (χ2v) is 4.68. The molecule has 20 heavy (non-hydrogen) atoms. The summed E-state index contributed by atoms with van der Waals surface area (Å²) in [5.41, 5.74) is 2.30. The van der Waals surface area contributed by atoms with Gasteiger partial charge in [0.25, 0.3) is 5.91 Å². The molecule has 2 amide bonds. The van der Waals surface area contributed by atoms with E-state index < -0.39 is 0 Å². The lowest BCUT2D eigenvalue weighted by atomic mass is 10.1. The summed E-state index contributed by atoms with van der Waals surface area (Å²) < 4.78 is 5.29. The summed E-state index contributed by atoms with van der Waals surface area (Å²) >= 11 is 0. The fourth-order valence-electron chi connectivity index (χ4n) is 2.25. The molecular weight excluding hydrogens is 256 g/mol. The molecule has 1 aliphatic rings. The van der Waals surface area contributed by atoms with Gasteiger partial charge in [-0.3, -0.25) is 9.59 Å². The predicted molar refractivity (Wildman–Crippen MR) is 76.8 cm³/mol. The highest BCUT2D eigenvalue weighted by molar-refractivity contribution is 6.02. The summed E-state index contributed by atoms with van der Waals surface area (Å²) in [5, 5.41) is 2.77. The Morgan fingerprint density at radius 2 is 2.20 bits per heavy atom. The summed E-state index contributed by atoms with van der Waals surface area (Å²) in [7, 11) is 0. The highest BCUT2D eigenvalue weighted by atomic mass is 16.5. The zero-order chi connectivity index (χ0) is 14.5. The van der Waals surface area contributed by atoms with Crippen LogP contribution in [0.5, 0.6) is 0 Å². The molecule has 0 saturated carbocycles. The summed E-state index contributed by atoms with van der Waals surface area (Å²) in [6, 6.07) is 5.38. The first-order valence-electron chi connectivity index (χ1n) is 6.95. The molecule has 0 spiro atoms. The minimum Gasteiger partial charge on any atom is -0.380 e. The molecule has 0 aromatic heterocycles. The summed E-state index contributed by atoms with van der Waals surface area (Å²) in [4.78, 5) is 25.5. The minimum atomic E-state index is -0.0313. The van der Waals surface area contributed by atoms with Gasteiger partial charge in [0.1, 0.15) is 0 Å². The number of nitrogens with one attached hydrogen (secondary N) is 1. The first-order valence-corrected chi connectivity index (χ1v) is 6.95. The molecule has 0 fully saturated rings. The average Bonchev–Trinajstić information content (AvgIpc) is 2.82.